The van der Waals surface area contributed by atoms with Crippen LogP contribution in [0.25, 0.3) is 0 Å². The van der Waals surface area contributed by atoms with Crippen LogP contribution in [0.2, 0.25) is 0 Å². The minimum absolute atomic E-state index is 0.0838. The average Bonchev–Trinajstić information content (AvgIpc) is 2.61. The Morgan fingerprint density at radius 3 is 2.17 bits per heavy atom. The molecule has 0 fully saturated rings. The van der Waals surface area contributed by atoms with Crippen molar-refractivity contribution >= 4 is 11.9 Å². The third-order valence-corrected chi connectivity index (χ3v) is 4.46. The minimum Gasteiger partial charge on any atom is -0.511 e. The lowest BCUT2D eigenvalue weighted by Crippen LogP contribution is -2.33. The molecular weight excluding hydrogens is 368 g/mol. The van der Waals surface area contributed by atoms with Crippen LogP contribution >= 0.6 is 0 Å². The van der Waals surface area contributed by atoms with Crippen molar-refractivity contribution in [3.05, 3.63) is 82.2 Å². The normalized spacial score (nSPS) is 22.6. The van der Waals surface area contributed by atoms with Gasteiger partial charge in [0.05, 0.1) is 11.5 Å². The summed E-state index contributed by atoms with van der Waals surface area (Å²) in [6.07, 6.45) is 13.9. The van der Waals surface area contributed by atoms with Crippen molar-refractivity contribution in [3.63, 3.8) is 0 Å². The van der Waals surface area contributed by atoms with Crippen molar-refractivity contribution < 1.29 is 24.5 Å². The van der Waals surface area contributed by atoms with E-state index in [1.807, 2.05) is 70.2 Å². The molecule has 0 aliphatic carbocycles. The predicted octanol–water partition coefficient (Wildman–Crippen LogP) is 5.36. The Morgan fingerprint density at radius 2 is 1.55 bits per heavy atom. The molecule has 0 amide bonds. The zero-order valence-electron chi connectivity index (χ0n) is 17.9. The molecule has 0 saturated carbocycles. The molecule has 29 heavy (non-hydrogen) atoms. The number of esters is 1. The maximum atomic E-state index is 11.8. The Kier molecular flexibility index (Phi) is 9.13. The van der Waals surface area contributed by atoms with Gasteiger partial charge in [0.2, 0.25) is 0 Å². The average molecular weight is 398 g/mol. The molecule has 0 spiro atoms. The summed E-state index contributed by atoms with van der Waals surface area (Å²) in [6, 6.07) is 0. The Hall–Kier alpha value is -3.08. The SMILES string of the molecule is CC(=CC(=O)O)C=C(C)C=C(C)C=CC=CC=C(C)C1OC(=O)C(C)=C(O)C1C. The topological polar surface area (TPSA) is 83.8 Å². The van der Waals surface area contributed by atoms with Crippen LogP contribution in [0.1, 0.15) is 41.5 Å². The van der Waals surface area contributed by atoms with E-state index in [4.69, 9.17) is 9.84 Å². The van der Waals surface area contributed by atoms with Crippen molar-refractivity contribution in [3.8, 4) is 0 Å². The van der Waals surface area contributed by atoms with E-state index in [0.717, 1.165) is 16.7 Å². The van der Waals surface area contributed by atoms with Gasteiger partial charge in [-0.1, -0.05) is 60.6 Å². The number of carboxylic acids is 1. The maximum Gasteiger partial charge on any atom is 0.337 e. The molecule has 2 atom stereocenters. The number of aliphatic hydroxyl groups is 1. The van der Waals surface area contributed by atoms with Crippen LogP contribution in [0.3, 0.4) is 0 Å². The standard InChI is InChI=1S/C24H30O5/c1-15(12-16(2)13-17(3)14-21(25)26)10-8-7-9-11-18(4)23-19(5)22(27)20(6)24(28)29-23/h7-14,19,23,27H,1-6H3,(H,25,26). The molecule has 0 aromatic rings. The summed E-state index contributed by atoms with van der Waals surface area (Å²) in [4.78, 5) is 22.4. The lowest BCUT2D eigenvalue weighted by molar-refractivity contribution is -0.147. The monoisotopic (exact) mass is 398 g/mol. The number of rotatable bonds is 7. The number of hydrogen-bond donors (Lipinski definition) is 2. The number of carbonyl (C=O) groups is 2. The fourth-order valence-electron chi connectivity index (χ4n) is 3.00. The van der Waals surface area contributed by atoms with Crippen molar-refractivity contribution in [1.29, 1.82) is 0 Å². The van der Waals surface area contributed by atoms with E-state index in [0.29, 0.717) is 5.57 Å². The van der Waals surface area contributed by atoms with E-state index < -0.39 is 18.0 Å². The van der Waals surface area contributed by atoms with Gasteiger partial charge in [-0.25, -0.2) is 9.59 Å². The highest BCUT2D eigenvalue weighted by molar-refractivity contribution is 5.89. The number of aliphatic carboxylic acids is 1. The van der Waals surface area contributed by atoms with Crippen molar-refractivity contribution in [2.75, 3.05) is 0 Å². The summed E-state index contributed by atoms with van der Waals surface area (Å²) >= 11 is 0. The second-order valence-electron chi connectivity index (χ2n) is 7.28. The molecule has 1 aliphatic heterocycles. The largest absolute Gasteiger partial charge is 0.511 e. The van der Waals surface area contributed by atoms with Gasteiger partial charge in [-0.15, -0.1) is 0 Å². The molecular formula is C24H30O5. The highest BCUT2D eigenvalue weighted by Crippen LogP contribution is 2.29. The second-order valence-corrected chi connectivity index (χ2v) is 7.28. The number of allylic oxidation sites excluding steroid dienone is 10. The molecule has 0 radical (unpaired) electrons. The second kappa shape index (κ2) is 11.1. The quantitative estimate of drug-likeness (QED) is 0.342. The van der Waals surface area contributed by atoms with E-state index in [1.54, 1.807) is 13.8 Å². The first-order valence-electron chi connectivity index (χ1n) is 9.43. The molecule has 5 heteroatoms. The summed E-state index contributed by atoms with van der Waals surface area (Å²) in [7, 11) is 0. The van der Waals surface area contributed by atoms with E-state index in [9.17, 15) is 14.7 Å². The van der Waals surface area contributed by atoms with Crippen molar-refractivity contribution in [1.82, 2.24) is 0 Å². The van der Waals surface area contributed by atoms with Crippen LogP contribution in [-0.2, 0) is 14.3 Å². The van der Waals surface area contributed by atoms with Gasteiger partial charge in [0.15, 0.2) is 0 Å². The molecule has 0 aromatic heterocycles. The first kappa shape index (κ1) is 24.0. The Balaban J connectivity index is 2.75. The summed E-state index contributed by atoms with van der Waals surface area (Å²) in [5, 5.41) is 18.8. The molecule has 156 valence electrons. The number of aliphatic hydroxyl groups excluding tert-OH is 1. The van der Waals surface area contributed by atoms with Crippen molar-refractivity contribution in [2.24, 2.45) is 5.92 Å². The van der Waals surface area contributed by atoms with E-state index in [-0.39, 0.29) is 17.3 Å². The lowest BCUT2D eigenvalue weighted by Gasteiger charge is -2.29. The smallest absolute Gasteiger partial charge is 0.337 e. The molecule has 0 bridgehead atoms. The lowest BCUT2D eigenvalue weighted by atomic mass is 9.91. The zero-order chi connectivity index (χ0) is 22.1. The first-order valence-corrected chi connectivity index (χ1v) is 9.43. The predicted molar refractivity (Wildman–Crippen MR) is 115 cm³/mol. The van der Waals surface area contributed by atoms with Crippen LogP contribution in [0.5, 0.6) is 0 Å². The van der Waals surface area contributed by atoms with E-state index >= 15 is 0 Å². The van der Waals surface area contributed by atoms with Gasteiger partial charge < -0.3 is 14.9 Å². The molecule has 0 aromatic carbocycles. The van der Waals surface area contributed by atoms with Crippen molar-refractivity contribution in [2.45, 2.75) is 47.6 Å². The van der Waals surface area contributed by atoms with Gasteiger partial charge in [-0.05, 0) is 45.8 Å². The number of hydrogen-bond acceptors (Lipinski definition) is 4. The van der Waals surface area contributed by atoms with Crippen LogP contribution in [-0.4, -0.2) is 28.3 Å². The molecule has 2 unspecified atom stereocenters. The summed E-state index contributed by atoms with van der Waals surface area (Å²) in [6.45, 7) is 10.9. The fourth-order valence-corrected chi connectivity index (χ4v) is 3.00. The molecule has 0 saturated heterocycles. The Labute approximate surface area is 172 Å². The highest BCUT2D eigenvalue weighted by atomic mass is 16.5. The van der Waals surface area contributed by atoms with Gasteiger partial charge >= 0.3 is 11.9 Å². The first-order chi connectivity index (χ1) is 13.5. The van der Waals surface area contributed by atoms with Crippen LogP contribution in [0.15, 0.2) is 82.2 Å². The molecule has 2 N–H and O–H groups in total. The highest BCUT2D eigenvalue weighted by Gasteiger charge is 2.33. The number of ether oxygens (including phenoxy) is 1. The van der Waals surface area contributed by atoms with Gasteiger partial charge in [0.25, 0.3) is 0 Å². The summed E-state index contributed by atoms with van der Waals surface area (Å²) < 4.78 is 5.40. The molecule has 1 heterocycles. The fraction of sp³-hybridized carbons (Fsp3) is 0.333. The number of cyclic esters (lactones) is 1. The molecule has 5 nitrogen and oxygen atoms in total. The minimum atomic E-state index is -0.959. The van der Waals surface area contributed by atoms with Crippen LogP contribution < -0.4 is 0 Å². The number of carbonyl (C=O) groups excluding carboxylic acids is 1. The van der Waals surface area contributed by atoms with Gasteiger partial charge in [-0.3, -0.25) is 0 Å². The van der Waals surface area contributed by atoms with Crippen LogP contribution in [0.4, 0.5) is 0 Å². The third kappa shape index (κ3) is 7.82. The Bertz CT molecular complexity index is 860. The third-order valence-electron chi connectivity index (χ3n) is 4.46. The summed E-state index contributed by atoms with van der Waals surface area (Å²) in [5.74, 6) is -1.63. The van der Waals surface area contributed by atoms with Gasteiger partial charge in [-0.2, -0.15) is 0 Å². The molecule has 1 rings (SSSR count). The Morgan fingerprint density at radius 1 is 0.966 bits per heavy atom. The van der Waals surface area contributed by atoms with E-state index in [2.05, 4.69) is 0 Å². The maximum absolute atomic E-state index is 11.8. The van der Waals surface area contributed by atoms with Gasteiger partial charge in [0.1, 0.15) is 11.9 Å². The molecule has 1 aliphatic rings. The van der Waals surface area contributed by atoms with Gasteiger partial charge in [0, 0.05) is 6.08 Å². The summed E-state index contributed by atoms with van der Waals surface area (Å²) in [5.41, 5.74) is 3.77. The zero-order valence-corrected chi connectivity index (χ0v) is 17.9. The number of carboxylic acid groups (broad SMARTS) is 1. The van der Waals surface area contributed by atoms with Crippen LogP contribution in [0, 0.1) is 5.92 Å². The van der Waals surface area contributed by atoms with E-state index in [1.165, 1.54) is 6.08 Å².